The van der Waals surface area contributed by atoms with Gasteiger partial charge in [0.2, 0.25) is 5.91 Å². The van der Waals surface area contributed by atoms with E-state index < -0.39 is 12.1 Å². The average molecular weight is 586 g/mol. The molecule has 0 aliphatic heterocycles. The van der Waals surface area contributed by atoms with Gasteiger partial charge in [0, 0.05) is 17.7 Å². The van der Waals surface area contributed by atoms with E-state index in [1.165, 1.54) is 14.2 Å². The Hall–Kier alpha value is -3.72. The van der Waals surface area contributed by atoms with Crippen molar-refractivity contribution in [2.45, 2.75) is 73.1 Å². The number of benzene rings is 2. The molecule has 0 fully saturated rings. The molecule has 3 rings (SSSR count). The second kappa shape index (κ2) is 14.3. The van der Waals surface area contributed by atoms with Gasteiger partial charge in [0.1, 0.15) is 16.6 Å². The van der Waals surface area contributed by atoms with E-state index in [9.17, 15) is 14.7 Å². The third-order valence-electron chi connectivity index (χ3n) is 7.04. The number of hydrogen-bond acceptors (Lipinski definition) is 6. The number of halogens is 1. The smallest absolute Gasteiger partial charge is 0.344 e. The fourth-order valence-electron chi connectivity index (χ4n) is 4.52. The Morgan fingerprint density at radius 1 is 1.07 bits per heavy atom. The van der Waals surface area contributed by atoms with Crippen LogP contribution in [0, 0.1) is 19.8 Å². The second-order valence-electron chi connectivity index (χ2n) is 10.3. The van der Waals surface area contributed by atoms with Crippen molar-refractivity contribution in [3.8, 4) is 17.2 Å². The van der Waals surface area contributed by atoms with E-state index >= 15 is 0 Å². The number of methoxy groups -OCH3 is 2. The van der Waals surface area contributed by atoms with Crippen LogP contribution in [0.25, 0.3) is 0 Å². The minimum absolute atomic E-state index is 0.0892. The lowest BCUT2D eigenvalue weighted by molar-refractivity contribution is -0.145. The van der Waals surface area contributed by atoms with Crippen molar-refractivity contribution < 1.29 is 28.9 Å². The van der Waals surface area contributed by atoms with Gasteiger partial charge in [-0.3, -0.25) is 4.79 Å². The zero-order chi connectivity index (χ0) is 30.3. The van der Waals surface area contributed by atoms with E-state index in [1.807, 2.05) is 36.6 Å². The molecule has 1 N–H and O–H groups in total. The summed E-state index contributed by atoms with van der Waals surface area (Å²) in [6.45, 7) is 10.4. The predicted octanol–water partition coefficient (Wildman–Crippen LogP) is 6.43. The molecule has 222 valence electrons. The fourth-order valence-corrected chi connectivity index (χ4v) is 4.85. The highest BCUT2D eigenvalue weighted by molar-refractivity contribution is 6.35. The molecule has 0 aliphatic rings. The van der Waals surface area contributed by atoms with Crippen molar-refractivity contribution in [1.82, 2.24) is 9.55 Å². The Bertz CT molecular complexity index is 1370. The lowest BCUT2D eigenvalue weighted by atomic mass is 10.1. The van der Waals surface area contributed by atoms with Crippen LogP contribution in [0.1, 0.15) is 62.8 Å². The molecule has 1 amide bonds. The van der Waals surface area contributed by atoms with Gasteiger partial charge in [-0.05, 0) is 50.8 Å². The van der Waals surface area contributed by atoms with Crippen LogP contribution >= 0.6 is 11.6 Å². The molecule has 0 saturated carbocycles. The van der Waals surface area contributed by atoms with E-state index in [0.717, 1.165) is 23.4 Å². The molecule has 3 aromatic rings. The normalized spacial score (nSPS) is 11.8. The van der Waals surface area contributed by atoms with Gasteiger partial charge < -0.3 is 28.8 Å². The number of rotatable bonds is 14. The maximum atomic E-state index is 13.7. The van der Waals surface area contributed by atoms with Crippen molar-refractivity contribution in [2.24, 2.45) is 5.92 Å². The lowest BCUT2D eigenvalue weighted by Gasteiger charge is -2.26. The zero-order valence-electron chi connectivity index (χ0n) is 24.9. The molecule has 0 spiro atoms. The van der Waals surface area contributed by atoms with E-state index in [2.05, 4.69) is 13.8 Å². The van der Waals surface area contributed by atoms with Crippen LogP contribution in [0.5, 0.6) is 17.2 Å². The molecule has 0 radical (unpaired) electrons. The molecular formula is C31H40ClN3O6. The van der Waals surface area contributed by atoms with E-state index in [0.29, 0.717) is 54.1 Å². The number of carbonyl (C=O) groups excluding carboxylic acids is 1. The van der Waals surface area contributed by atoms with Crippen LogP contribution < -0.4 is 19.1 Å². The molecule has 0 aliphatic carbocycles. The Labute approximate surface area is 247 Å². The molecule has 10 heteroatoms. The summed E-state index contributed by atoms with van der Waals surface area (Å²) in [6, 6.07) is 10.8. The van der Waals surface area contributed by atoms with Crippen molar-refractivity contribution >= 4 is 29.2 Å². The van der Waals surface area contributed by atoms with Gasteiger partial charge in [-0.2, -0.15) is 0 Å². The summed E-state index contributed by atoms with van der Waals surface area (Å²) in [6.07, 6.45) is 0.435. The first-order valence-electron chi connectivity index (χ1n) is 13.7. The van der Waals surface area contributed by atoms with Crippen molar-refractivity contribution in [3.05, 3.63) is 64.2 Å². The van der Waals surface area contributed by atoms with Crippen LogP contribution in [-0.4, -0.2) is 46.9 Å². The van der Waals surface area contributed by atoms with Gasteiger partial charge in [-0.15, -0.1) is 0 Å². The first-order valence-corrected chi connectivity index (χ1v) is 14.1. The van der Waals surface area contributed by atoms with Gasteiger partial charge in [0.05, 0.1) is 38.7 Å². The number of aromatic nitrogens is 2. The maximum absolute atomic E-state index is 13.7. The number of ether oxygens (including phenoxy) is 3. The van der Waals surface area contributed by atoms with Gasteiger partial charge in [0.25, 0.3) is 0 Å². The summed E-state index contributed by atoms with van der Waals surface area (Å²) in [5.41, 5.74) is 3.05. The van der Waals surface area contributed by atoms with Crippen LogP contribution in [0.2, 0.25) is 5.02 Å². The highest BCUT2D eigenvalue weighted by atomic mass is 35.5. The summed E-state index contributed by atoms with van der Waals surface area (Å²) in [7, 11) is 3.04. The standard InChI is InChI=1S/C31H40ClN3O6/c1-8-24(31(37)38)41-25-12-10-9-11-22(25)17-34-21(5)20(4)33-27(34)18-35(28(36)16-13-19(2)3)23-14-15-26(39-6)30(40-7)29(23)32/h9-12,14-15,19,24H,8,13,16-18H2,1-7H3,(H,37,38). The number of aryl methyl sites for hydroxylation is 1. The molecule has 1 atom stereocenters. The maximum Gasteiger partial charge on any atom is 0.344 e. The molecule has 41 heavy (non-hydrogen) atoms. The number of amides is 1. The number of carbonyl (C=O) groups is 2. The molecule has 0 saturated heterocycles. The first-order chi connectivity index (χ1) is 19.5. The second-order valence-corrected chi connectivity index (χ2v) is 10.7. The van der Waals surface area contributed by atoms with Gasteiger partial charge >= 0.3 is 5.97 Å². The van der Waals surface area contributed by atoms with Crippen molar-refractivity contribution in [1.29, 1.82) is 0 Å². The summed E-state index contributed by atoms with van der Waals surface area (Å²) >= 11 is 6.78. The molecule has 1 aromatic heterocycles. The van der Waals surface area contributed by atoms with Gasteiger partial charge in [-0.1, -0.05) is 50.6 Å². The number of anilines is 1. The van der Waals surface area contributed by atoms with E-state index in [-0.39, 0.29) is 17.5 Å². The van der Waals surface area contributed by atoms with Crippen LogP contribution in [-0.2, 0) is 22.7 Å². The van der Waals surface area contributed by atoms with E-state index in [1.54, 1.807) is 30.0 Å². The Balaban J connectivity index is 2.06. The third kappa shape index (κ3) is 7.52. The Morgan fingerprint density at radius 3 is 2.39 bits per heavy atom. The number of para-hydroxylation sites is 1. The molecular weight excluding hydrogens is 546 g/mol. The Kier molecular flexibility index (Phi) is 11.1. The largest absolute Gasteiger partial charge is 0.493 e. The molecule has 1 heterocycles. The monoisotopic (exact) mass is 585 g/mol. The first kappa shape index (κ1) is 31.8. The summed E-state index contributed by atoms with van der Waals surface area (Å²) in [4.78, 5) is 31.8. The van der Waals surface area contributed by atoms with Gasteiger partial charge in [0.15, 0.2) is 17.6 Å². The number of carboxylic acids is 1. The van der Waals surface area contributed by atoms with Crippen molar-refractivity contribution in [2.75, 3.05) is 19.1 Å². The summed E-state index contributed by atoms with van der Waals surface area (Å²) < 4.78 is 18.8. The molecule has 0 bridgehead atoms. The average Bonchev–Trinajstić information content (AvgIpc) is 3.21. The van der Waals surface area contributed by atoms with Gasteiger partial charge in [-0.25, -0.2) is 9.78 Å². The molecule has 9 nitrogen and oxygen atoms in total. The van der Waals surface area contributed by atoms with Crippen LogP contribution in [0.4, 0.5) is 5.69 Å². The number of aliphatic carboxylic acids is 1. The highest BCUT2D eigenvalue weighted by Crippen LogP contribution is 2.42. The van der Waals surface area contributed by atoms with Crippen molar-refractivity contribution in [3.63, 3.8) is 0 Å². The molecule has 2 aromatic carbocycles. The van der Waals surface area contributed by atoms with Crippen LogP contribution in [0.15, 0.2) is 36.4 Å². The minimum atomic E-state index is -1.01. The van der Waals surface area contributed by atoms with Crippen LogP contribution in [0.3, 0.4) is 0 Å². The summed E-state index contributed by atoms with van der Waals surface area (Å²) in [5.74, 6) is 1.21. The number of hydrogen-bond donors (Lipinski definition) is 1. The number of carboxylic acid groups (broad SMARTS) is 1. The third-order valence-corrected chi connectivity index (χ3v) is 7.41. The number of imidazole rings is 1. The van der Waals surface area contributed by atoms with E-state index in [4.69, 9.17) is 30.8 Å². The SMILES string of the molecule is CCC(Oc1ccccc1Cn1c(CN(C(=O)CCC(C)C)c2ccc(OC)c(OC)c2Cl)nc(C)c1C)C(=O)O. The lowest BCUT2D eigenvalue weighted by Crippen LogP contribution is -2.32. The summed E-state index contributed by atoms with van der Waals surface area (Å²) in [5, 5.41) is 9.80. The minimum Gasteiger partial charge on any atom is -0.493 e. The topological polar surface area (TPSA) is 103 Å². The predicted molar refractivity (Wildman–Crippen MR) is 159 cm³/mol. The molecule has 1 unspecified atom stereocenters. The highest BCUT2D eigenvalue weighted by Gasteiger charge is 2.26. The quantitative estimate of drug-likeness (QED) is 0.232. The Morgan fingerprint density at radius 2 is 1.78 bits per heavy atom. The fraction of sp³-hybridized carbons (Fsp3) is 0.452. The zero-order valence-corrected chi connectivity index (χ0v) is 25.6. The number of nitrogens with zero attached hydrogens (tertiary/aromatic N) is 3.